The number of carbonyl (C=O) groups is 1. The second-order valence-electron chi connectivity index (χ2n) is 3.36. The van der Waals surface area contributed by atoms with E-state index in [0.717, 1.165) is 6.07 Å². The van der Waals surface area contributed by atoms with Crippen molar-refractivity contribution in [3.05, 3.63) is 47.8 Å². The number of ether oxygens (including phenoxy) is 1. The number of carbonyl (C=O) groups excluding carboxylic acids is 1. The normalized spacial score (nSPS) is 10.2. The Balaban J connectivity index is 2.51. The third-order valence-corrected chi connectivity index (χ3v) is 2.24. The summed E-state index contributed by atoms with van der Waals surface area (Å²) >= 11 is 0. The zero-order valence-corrected chi connectivity index (χ0v) is 9.35. The van der Waals surface area contributed by atoms with Crippen molar-refractivity contribution in [1.29, 1.82) is 0 Å². The van der Waals surface area contributed by atoms with Crippen LogP contribution >= 0.6 is 0 Å². The molecule has 0 saturated heterocycles. The summed E-state index contributed by atoms with van der Waals surface area (Å²) in [5.41, 5.74) is -0.132. The SMILES string of the molecule is COC(=O)c1ccnc(-c2cccc(F)c2F)n1. The van der Waals surface area contributed by atoms with E-state index in [9.17, 15) is 13.6 Å². The molecule has 0 aliphatic rings. The number of hydrogen-bond acceptors (Lipinski definition) is 4. The number of methoxy groups -OCH3 is 1. The fourth-order valence-corrected chi connectivity index (χ4v) is 1.38. The van der Waals surface area contributed by atoms with E-state index >= 15 is 0 Å². The van der Waals surface area contributed by atoms with E-state index in [4.69, 9.17) is 0 Å². The minimum atomic E-state index is -1.06. The van der Waals surface area contributed by atoms with Crippen LogP contribution in [-0.2, 0) is 4.74 Å². The van der Waals surface area contributed by atoms with E-state index in [2.05, 4.69) is 14.7 Å². The number of esters is 1. The Morgan fingerprint density at radius 2 is 2.06 bits per heavy atom. The molecular weight excluding hydrogens is 242 g/mol. The third-order valence-electron chi connectivity index (χ3n) is 2.24. The topological polar surface area (TPSA) is 52.1 Å². The first-order chi connectivity index (χ1) is 8.63. The quantitative estimate of drug-likeness (QED) is 0.767. The van der Waals surface area contributed by atoms with Crippen molar-refractivity contribution in [3.63, 3.8) is 0 Å². The van der Waals surface area contributed by atoms with Gasteiger partial charge < -0.3 is 4.74 Å². The van der Waals surface area contributed by atoms with Crippen molar-refractivity contribution >= 4 is 5.97 Å². The summed E-state index contributed by atoms with van der Waals surface area (Å²) in [6.45, 7) is 0. The minimum Gasteiger partial charge on any atom is -0.464 e. The van der Waals surface area contributed by atoms with E-state index in [1.54, 1.807) is 0 Å². The minimum absolute atomic E-state index is 0.0221. The van der Waals surface area contributed by atoms with Crippen LogP contribution in [0.15, 0.2) is 30.5 Å². The molecule has 1 aromatic heterocycles. The highest BCUT2D eigenvalue weighted by atomic mass is 19.2. The van der Waals surface area contributed by atoms with Gasteiger partial charge in [-0.25, -0.2) is 23.5 Å². The van der Waals surface area contributed by atoms with Gasteiger partial charge in [0.05, 0.1) is 12.7 Å². The van der Waals surface area contributed by atoms with Crippen molar-refractivity contribution in [2.45, 2.75) is 0 Å². The molecule has 1 aromatic carbocycles. The van der Waals surface area contributed by atoms with Crippen LogP contribution in [-0.4, -0.2) is 23.0 Å². The Morgan fingerprint density at radius 1 is 1.28 bits per heavy atom. The maximum absolute atomic E-state index is 13.5. The molecule has 0 atom stereocenters. The predicted molar refractivity (Wildman–Crippen MR) is 58.7 cm³/mol. The lowest BCUT2D eigenvalue weighted by molar-refractivity contribution is 0.0594. The van der Waals surface area contributed by atoms with Gasteiger partial charge in [0.2, 0.25) is 0 Å². The first kappa shape index (κ1) is 12.1. The van der Waals surface area contributed by atoms with Crippen molar-refractivity contribution in [3.8, 4) is 11.4 Å². The van der Waals surface area contributed by atoms with Crippen molar-refractivity contribution in [1.82, 2.24) is 9.97 Å². The molecule has 0 aliphatic heterocycles. The van der Waals surface area contributed by atoms with Gasteiger partial charge in [-0.05, 0) is 18.2 Å². The third kappa shape index (κ3) is 2.17. The van der Waals surface area contributed by atoms with Crippen LogP contribution in [0, 0.1) is 11.6 Å². The highest BCUT2D eigenvalue weighted by molar-refractivity contribution is 5.87. The zero-order valence-electron chi connectivity index (χ0n) is 9.35. The molecule has 92 valence electrons. The van der Waals surface area contributed by atoms with Crippen LogP contribution in [0.25, 0.3) is 11.4 Å². The molecule has 0 saturated carbocycles. The maximum Gasteiger partial charge on any atom is 0.356 e. The first-order valence-corrected chi connectivity index (χ1v) is 4.99. The van der Waals surface area contributed by atoms with Crippen LogP contribution in [0.4, 0.5) is 8.78 Å². The molecule has 0 bridgehead atoms. The molecule has 18 heavy (non-hydrogen) atoms. The molecule has 0 unspecified atom stereocenters. The Morgan fingerprint density at radius 3 is 2.78 bits per heavy atom. The summed E-state index contributed by atoms with van der Waals surface area (Å²) in [5.74, 6) is -2.80. The Labute approximate surface area is 101 Å². The molecule has 0 radical (unpaired) electrons. The summed E-state index contributed by atoms with van der Waals surface area (Å²) in [5, 5.41) is 0. The summed E-state index contributed by atoms with van der Waals surface area (Å²) in [7, 11) is 1.20. The molecule has 0 N–H and O–H groups in total. The van der Waals surface area contributed by atoms with Gasteiger partial charge in [-0.15, -0.1) is 0 Å². The molecule has 2 rings (SSSR count). The van der Waals surface area contributed by atoms with Crippen LogP contribution in [0.5, 0.6) is 0 Å². The highest BCUT2D eigenvalue weighted by Crippen LogP contribution is 2.20. The van der Waals surface area contributed by atoms with Crippen molar-refractivity contribution in [2.24, 2.45) is 0 Å². The summed E-state index contributed by atoms with van der Waals surface area (Å²) in [4.78, 5) is 18.9. The average Bonchev–Trinajstić information content (AvgIpc) is 2.41. The number of halogens is 2. The van der Waals surface area contributed by atoms with Crippen LogP contribution in [0.3, 0.4) is 0 Å². The average molecular weight is 250 g/mol. The molecule has 1 heterocycles. The van der Waals surface area contributed by atoms with Crippen LogP contribution < -0.4 is 0 Å². The van der Waals surface area contributed by atoms with E-state index < -0.39 is 17.6 Å². The van der Waals surface area contributed by atoms with Gasteiger partial charge in [0.1, 0.15) is 0 Å². The lowest BCUT2D eigenvalue weighted by Gasteiger charge is -2.04. The van der Waals surface area contributed by atoms with Gasteiger partial charge in [-0.2, -0.15) is 0 Å². The Kier molecular flexibility index (Phi) is 3.27. The fraction of sp³-hybridized carbons (Fsp3) is 0.0833. The lowest BCUT2D eigenvalue weighted by Crippen LogP contribution is -2.06. The summed E-state index contributed by atoms with van der Waals surface area (Å²) < 4.78 is 31.1. The van der Waals surface area contributed by atoms with Gasteiger partial charge in [-0.1, -0.05) is 6.07 Å². The second kappa shape index (κ2) is 4.87. The van der Waals surface area contributed by atoms with Crippen LogP contribution in [0.1, 0.15) is 10.5 Å². The molecule has 4 nitrogen and oxygen atoms in total. The van der Waals surface area contributed by atoms with E-state index in [1.807, 2.05) is 0 Å². The Hall–Kier alpha value is -2.37. The molecule has 0 fully saturated rings. The second-order valence-corrected chi connectivity index (χ2v) is 3.36. The van der Waals surface area contributed by atoms with Gasteiger partial charge in [-0.3, -0.25) is 0 Å². The summed E-state index contributed by atoms with van der Waals surface area (Å²) in [6.07, 6.45) is 1.28. The maximum atomic E-state index is 13.5. The predicted octanol–water partition coefficient (Wildman–Crippen LogP) is 2.21. The molecular formula is C12H8F2N2O2. The number of rotatable bonds is 2. The molecule has 6 heteroatoms. The largest absolute Gasteiger partial charge is 0.464 e. The number of aromatic nitrogens is 2. The fourth-order valence-electron chi connectivity index (χ4n) is 1.38. The zero-order chi connectivity index (χ0) is 13.1. The van der Waals surface area contributed by atoms with Crippen molar-refractivity contribution < 1.29 is 18.3 Å². The molecule has 0 spiro atoms. The number of hydrogen-bond donors (Lipinski definition) is 0. The van der Waals surface area contributed by atoms with Gasteiger partial charge in [0.25, 0.3) is 0 Å². The van der Waals surface area contributed by atoms with Crippen molar-refractivity contribution in [2.75, 3.05) is 7.11 Å². The molecule has 0 aliphatic carbocycles. The summed E-state index contributed by atoms with van der Waals surface area (Å²) in [6, 6.07) is 4.98. The standard InChI is InChI=1S/C12H8F2N2O2/c1-18-12(17)9-5-6-15-11(16-9)7-3-2-4-8(13)10(7)14/h2-6H,1H3. The van der Waals surface area contributed by atoms with Gasteiger partial charge in [0, 0.05) is 6.20 Å². The number of benzene rings is 1. The van der Waals surface area contributed by atoms with Gasteiger partial charge >= 0.3 is 5.97 Å². The monoisotopic (exact) mass is 250 g/mol. The smallest absolute Gasteiger partial charge is 0.356 e. The Bertz CT molecular complexity index is 602. The number of nitrogens with zero attached hydrogens (tertiary/aromatic N) is 2. The van der Waals surface area contributed by atoms with E-state index in [-0.39, 0.29) is 17.1 Å². The molecule has 0 amide bonds. The van der Waals surface area contributed by atoms with E-state index in [0.29, 0.717) is 0 Å². The molecule has 2 aromatic rings. The lowest BCUT2D eigenvalue weighted by atomic mass is 10.2. The van der Waals surface area contributed by atoms with E-state index in [1.165, 1.54) is 31.5 Å². The van der Waals surface area contributed by atoms with Crippen LogP contribution in [0.2, 0.25) is 0 Å². The first-order valence-electron chi connectivity index (χ1n) is 4.99. The highest BCUT2D eigenvalue weighted by Gasteiger charge is 2.14. The van der Waals surface area contributed by atoms with Gasteiger partial charge in [0.15, 0.2) is 23.2 Å².